The summed E-state index contributed by atoms with van der Waals surface area (Å²) in [5, 5.41) is 9.16. The summed E-state index contributed by atoms with van der Waals surface area (Å²) in [4.78, 5) is 16.2. The Bertz CT molecular complexity index is 717. The fourth-order valence-electron chi connectivity index (χ4n) is 2.77. The van der Waals surface area contributed by atoms with Gasteiger partial charge in [0.05, 0.1) is 16.8 Å². The summed E-state index contributed by atoms with van der Waals surface area (Å²) in [5.74, 6) is -0.361. The summed E-state index contributed by atoms with van der Waals surface area (Å²) in [6, 6.07) is 3.55. The Balaban J connectivity index is 2.65. The number of carbonyl (C=O) groups is 1. The second-order valence-corrected chi connectivity index (χ2v) is 6.08. The lowest BCUT2D eigenvalue weighted by molar-refractivity contribution is -0.138. The lowest BCUT2D eigenvalue weighted by atomic mass is 9.68. The van der Waals surface area contributed by atoms with Crippen LogP contribution in [0.4, 0.5) is 13.2 Å². The second kappa shape index (κ2) is 5.46. The van der Waals surface area contributed by atoms with E-state index in [1.807, 2.05) is 0 Å². The molecule has 0 N–H and O–H groups in total. The minimum Gasteiger partial charge on any atom is -0.368 e. The van der Waals surface area contributed by atoms with E-state index >= 15 is 0 Å². The predicted octanol–water partition coefficient (Wildman–Crippen LogP) is 3.39. The molecule has 1 atom stereocenters. The Morgan fingerprint density at radius 3 is 2.57 bits per heavy atom. The molecule has 0 radical (unpaired) electrons. The van der Waals surface area contributed by atoms with Gasteiger partial charge in [-0.1, -0.05) is 13.8 Å². The van der Waals surface area contributed by atoms with Gasteiger partial charge in [0, 0.05) is 18.7 Å². The highest BCUT2D eigenvalue weighted by Crippen LogP contribution is 2.45. The molecule has 0 fully saturated rings. The number of allylic oxidation sites excluding steroid dienone is 1. The van der Waals surface area contributed by atoms with Crippen LogP contribution in [0, 0.1) is 16.7 Å². The van der Waals surface area contributed by atoms with Gasteiger partial charge in [-0.3, -0.25) is 9.78 Å². The molecule has 1 aliphatic carbocycles. The monoisotopic (exact) mass is 324 g/mol. The Morgan fingerprint density at radius 1 is 1.39 bits per heavy atom. The number of nitrogens with zero attached hydrogens (tertiary/aromatic N) is 2. The molecule has 0 aliphatic heterocycles. The fourth-order valence-corrected chi connectivity index (χ4v) is 2.77. The number of Topliss-reactive ketones (excluding diaryl/α,β-unsaturated/α-hetero) is 1. The molecule has 4 nitrogen and oxygen atoms in total. The van der Waals surface area contributed by atoms with E-state index in [1.165, 1.54) is 13.2 Å². The molecule has 1 aliphatic rings. The quantitative estimate of drug-likeness (QED) is 0.836. The number of pyridine rings is 1. The first-order chi connectivity index (χ1) is 10.6. The van der Waals surface area contributed by atoms with Gasteiger partial charge in [0.2, 0.25) is 0 Å². The maximum Gasteiger partial charge on any atom is 0.416 e. The SMILES string of the molecule is CO[C@]1(c2cc(C(F)(F)F)ccn2)C=C(C#N)C(=O)C(C)(C)C1. The summed E-state index contributed by atoms with van der Waals surface area (Å²) in [5.41, 5.74) is -3.29. The van der Waals surface area contributed by atoms with E-state index in [9.17, 15) is 18.0 Å². The van der Waals surface area contributed by atoms with Crippen molar-refractivity contribution in [2.75, 3.05) is 7.11 Å². The standard InChI is InChI=1S/C16H15F3N2O2/c1-14(2)9-15(23-3,7-10(8-20)13(14)22)12-6-11(4-5-21-12)16(17,18)19/h4-7H,9H2,1-3H3/t15-/m1/s1. The van der Waals surface area contributed by atoms with Crippen LogP contribution in [0.2, 0.25) is 0 Å². The van der Waals surface area contributed by atoms with Crippen LogP contribution in [0.15, 0.2) is 30.0 Å². The number of ether oxygens (including phenoxy) is 1. The number of rotatable bonds is 2. The van der Waals surface area contributed by atoms with E-state index < -0.39 is 22.8 Å². The highest BCUT2D eigenvalue weighted by molar-refractivity contribution is 6.03. The molecule has 122 valence electrons. The Labute approximate surface area is 131 Å². The first kappa shape index (κ1) is 17.2. The van der Waals surface area contributed by atoms with E-state index in [1.54, 1.807) is 19.9 Å². The number of ketones is 1. The number of alkyl halides is 3. The number of aromatic nitrogens is 1. The summed E-state index contributed by atoms with van der Waals surface area (Å²) >= 11 is 0. The van der Waals surface area contributed by atoms with Crippen molar-refractivity contribution >= 4 is 5.78 Å². The second-order valence-electron chi connectivity index (χ2n) is 6.08. The lowest BCUT2D eigenvalue weighted by Crippen LogP contribution is -2.42. The molecule has 0 aromatic carbocycles. The van der Waals surface area contributed by atoms with Crippen molar-refractivity contribution in [2.24, 2.45) is 5.41 Å². The van der Waals surface area contributed by atoms with Crippen molar-refractivity contribution in [3.8, 4) is 6.07 Å². The van der Waals surface area contributed by atoms with Crippen LogP contribution in [-0.4, -0.2) is 17.9 Å². The Hall–Kier alpha value is -2.20. The van der Waals surface area contributed by atoms with Crippen molar-refractivity contribution in [3.05, 3.63) is 41.2 Å². The molecule has 2 rings (SSSR count). The number of hydrogen-bond donors (Lipinski definition) is 0. The molecular formula is C16H15F3N2O2. The highest BCUT2D eigenvalue weighted by Gasteiger charge is 2.47. The number of hydrogen-bond acceptors (Lipinski definition) is 4. The fraction of sp³-hybridized carbons (Fsp3) is 0.438. The van der Waals surface area contributed by atoms with Crippen molar-refractivity contribution in [1.82, 2.24) is 4.98 Å². The van der Waals surface area contributed by atoms with Crippen LogP contribution < -0.4 is 0 Å². The summed E-state index contributed by atoms with van der Waals surface area (Å²) < 4.78 is 44.2. The third kappa shape index (κ3) is 2.99. The average molecular weight is 324 g/mol. The molecule has 0 amide bonds. The van der Waals surface area contributed by atoms with Gasteiger partial charge >= 0.3 is 6.18 Å². The van der Waals surface area contributed by atoms with Gasteiger partial charge in [0.15, 0.2) is 5.78 Å². The maximum atomic E-state index is 12.9. The first-order valence-electron chi connectivity index (χ1n) is 6.82. The Morgan fingerprint density at radius 2 is 2.04 bits per heavy atom. The molecule has 0 unspecified atom stereocenters. The molecule has 0 saturated heterocycles. The van der Waals surface area contributed by atoms with Crippen LogP contribution >= 0.6 is 0 Å². The minimum absolute atomic E-state index is 0.0168. The minimum atomic E-state index is -4.52. The van der Waals surface area contributed by atoms with E-state index in [0.29, 0.717) is 0 Å². The number of carbonyl (C=O) groups excluding carboxylic acids is 1. The smallest absolute Gasteiger partial charge is 0.368 e. The normalized spacial score (nSPS) is 24.0. The van der Waals surface area contributed by atoms with Gasteiger partial charge in [-0.15, -0.1) is 0 Å². The third-order valence-electron chi connectivity index (χ3n) is 3.95. The predicted molar refractivity (Wildman–Crippen MR) is 75.0 cm³/mol. The van der Waals surface area contributed by atoms with E-state index in [0.717, 1.165) is 18.3 Å². The molecule has 0 bridgehead atoms. The van der Waals surface area contributed by atoms with E-state index in [2.05, 4.69) is 4.98 Å². The van der Waals surface area contributed by atoms with E-state index in [4.69, 9.17) is 10.00 Å². The molecule has 0 spiro atoms. The molecular weight excluding hydrogens is 309 g/mol. The maximum absolute atomic E-state index is 12.9. The Kier molecular flexibility index (Phi) is 4.07. The van der Waals surface area contributed by atoms with Crippen LogP contribution in [0.1, 0.15) is 31.5 Å². The van der Waals surface area contributed by atoms with Crippen molar-refractivity contribution in [2.45, 2.75) is 32.0 Å². The van der Waals surface area contributed by atoms with Crippen LogP contribution in [0.3, 0.4) is 0 Å². The highest BCUT2D eigenvalue weighted by atomic mass is 19.4. The third-order valence-corrected chi connectivity index (χ3v) is 3.95. The van der Waals surface area contributed by atoms with Gasteiger partial charge in [0.25, 0.3) is 0 Å². The zero-order chi connectivity index (χ0) is 17.5. The molecule has 1 aromatic rings. The van der Waals surface area contributed by atoms with Crippen LogP contribution in [-0.2, 0) is 21.3 Å². The number of halogens is 3. The van der Waals surface area contributed by atoms with Gasteiger partial charge in [-0.05, 0) is 24.6 Å². The summed E-state index contributed by atoms with van der Waals surface area (Å²) in [7, 11) is 1.32. The van der Waals surface area contributed by atoms with Gasteiger partial charge in [0.1, 0.15) is 11.7 Å². The zero-order valence-corrected chi connectivity index (χ0v) is 12.9. The zero-order valence-electron chi connectivity index (χ0n) is 12.9. The molecule has 1 aromatic heterocycles. The molecule has 23 heavy (non-hydrogen) atoms. The van der Waals surface area contributed by atoms with Crippen LogP contribution in [0.5, 0.6) is 0 Å². The summed E-state index contributed by atoms with van der Waals surface area (Å²) in [6.07, 6.45) is -2.12. The van der Waals surface area contributed by atoms with Gasteiger partial charge in [-0.2, -0.15) is 18.4 Å². The molecule has 7 heteroatoms. The van der Waals surface area contributed by atoms with Crippen molar-refractivity contribution in [3.63, 3.8) is 0 Å². The first-order valence-corrected chi connectivity index (χ1v) is 6.82. The summed E-state index contributed by atoms with van der Waals surface area (Å²) in [6.45, 7) is 3.25. The average Bonchev–Trinajstić information content (AvgIpc) is 2.49. The topological polar surface area (TPSA) is 63.0 Å². The van der Waals surface area contributed by atoms with Crippen molar-refractivity contribution in [1.29, 1.82) is 5.26 Å². The number of nitriles is 1. The van der Waals surface area contributed by atoms with E-state index in [-0.39, 0.29) is 23.5 Å². The lowest BCUT2D eigenvalue weighted by Gasteiger charge is -2.39. The van der Waals surface area contributed by atoms with Crippen LogP contribution in [0.25, 0.3) is 0 Å². The van der Waals surface area contributed by atoms with Gasteiger partial charge < -0.3 is 4.74 Å². The largest absolute Gasteiger partial charge is 0.416 e. The number of methoxy groups -OCH3 is 1. The van der Waals surface area contributed by atoms with Crippen molar-refractivity contribution < 1.29 is 22.7 Å². The molecule has 1 heterocycles. The van der Waals surface area contributed by atoms with Gasteiger partial charge in [-0.25, -0.2) is 0 Å². The molecule has 0 saturated carbocycles.